The summed E-state index contributed by atoms with van der Waals surface area (Å²) in [4.78, 5) is 10.5. The summed E-state index contributed by atoms with van der Waals surface area (Å²) >= 11 is 8.50. The summed E-state index contributed by atoms with van der Waals surface area (Å²) in [5.41, 5.74) is 1.89. The van der Waals surface area contributed by atoms with Crippen LogP contribution in [0, 0.1) is 0 Å². The lowest BCUT2D eigenvalue weighted by atomic mass is 10.2. The molecule has 104 valence electrons. The number of ether oxygens (including phenoxy) is 1. The highest BCUT2D eigenvalue weighted by atomic mass is 79.9. The highest BCUT2D eigenvalue weighted by Gasteiger charge is 2.09. The molecule has 0 fully saturated rings. The van der Waals surface area contributed by atoms with Gasteiger partial charge in [-0.15, -0.1) is 0 Å². The zero-order valence-electron chi connectivity index (χ0n) is 10.2. The van der Waals surface area contributed by atoms with E-state index in [4.69, 9.17) is 9.84 Å². The van der Waals surface area contributed by atoms with Crippen molar-refractivity contribution in [3.8, 4) is 5.75 Å². The topological polar surface area (TPSA) is 46.5 Å². The van der Waals surface area contributed by atoms with Gasteiger partial charge in [-0.25, -0.2) is 4.79 Å². The van der Waals surface area contributed by atoms with Crippen LogP contribution in [0.5, 0.6) is 5.75 Å². The molecule has 0 unspecified atom stereocenters. The molecule has 0 aliphatic carbocycles. The second-order valence-electron chi connectivity index (χ2n) is 3.91. The van der Waals surface area contributed by atoms with E-state index in [1.54, 1.807) is 11.3 Å². The van der Waals surface area contributed by atoms with Crippen molar-refractivity contribution >= 4 is 55.2 Å². The lowest BCUT2D eigenvalue weighted by Gasteiger charge is -2.10. The lowest BCUT2D eigenvalue weighted by molar-refractivity contribution is -0.131. The number of aliphatic carboxylic acids is 1. The van der Waals surface area contributed by atoms with E-state index in [1.807, 2.05) is 29.0 Å². The summed E-state index contributed by atoms with van der Waals surface area (Å²) in [6.45, 7) is 0.491. The van der Waals surface area contributed by atoms with Gasteiger partial charge in [0.25, 0.3) is 0 Å². The van der Waals surface area contributed by atoms with Crippen LogP contribution in [0.2, 0.25) is 0 Å². The third-order valence-corrected chi connectivity index (χ3v) is 4.31. The third kappa shape index (κ3) is 4.19. The molecule has 1 aromatic carbocycles. The highest BCUT2D eigenvalue weighted by molar-refractivity contribution is 9.11. The number of hydrogen-bond donors (Lipinski definition) is 1. The van der Waals surface area contributed by atoms with Gasteiger partial charge in [0.15, 0.2) is 0 Å². The van der Waals surface area contributed by atoms with E-state index in [2.05, 4.69) is 31.9 Å². The van der Waals surface area contributed by atoms with Crippen LogP contribution >= 0.6 is 43.2 Å². The molecule has 0 saturated carbocycles. The van der Waals surface area contributed by atoms with Gasteiger partial charge in [-0.3, -0.25) is 0 Å². The van der Waals surface area contributed by atoms with Crippen molar-refractivity contribution < 1.29 is 14.6 Å². The van der Waals surface area contributed by atoms with Gasteiger partial charge in [0, 0.05) is 6.08 Å². The summed E-state index contributed by atoms with van der Waals surface area (Å²) < 4.78 is 7.31. The van der Waals surface area contributed by atoms with Gasteiger partial charge in [-0.1, -0.05) is 0 Å². The van der Waals surface area contributed by atoms with E-state index >= 15 is 0 Å². The van der Waals surface area contributed by atoms with Gasteiger partial charge in [-0.2, -0.15) is 11.3 Å². The monoisotopic (exact) mass is 416 g/mol. The van der Waals surface area contributed by atoms with Crippen molar-refractivity contribution in [1.82, 2.24) is 0 Å². The molecule has 0 saturated heterocycles. The van der Waals surface area contributed by atoms with Crippen molar-refractivity contribution in [3.63, 3.8) is 0 Å². The van der Waals surface area contributed by atoms with E-state index in [9.17, 15) is 4.79 Å². The first-order valence-electron chi connectivity index (χ1n) is 5.60. The van der Waals surface area contributed by atoms with Gasteiger partial charge in [0.2, 0.25) is 0 Å². The van der Waals surface area contributed by atoms with Gasteiger partial charge in [-0.05, 0) is 78.0 Å². The molecular formula is C14H10Br2O3S. The Bertz CT molecular complexity index is 613. The largest absolute Gasteiger partial charge is 0.487 e. The number of benzene rings is 1. The lowest BCUT2D eigenvalue weighted by Crippen LogP contribution is -1.96. The van der Waals surface area contributed by atoms with E-state index in [1.165, 1.54) is 6.08 Å². The Balaban J connectivity index is 2.16. The SMILES string of the molecule is O=C(O)/C=C/c1cc(Br)c(OCc2ccsc2)c(Br)c1. The molecule has 0 atom stereocenters. The van der Waals surface area contributed by atoms with Crippen LogP contribution in [0.4, 0.5) is 0 Å². The van der Waals surface area contributed by atoms with E-state index < -0.39 is 5.97 Å². The van der Waals surface area contributed by atoms with E-state index in [-0.39, 0.29) is 0 Å². The molecule has 0 bridgehead atoms. The molecule has 3 nitrogen and oxygen atoms in total. The Morgan fingerprint density at radius 2 is 2.05 bits per heavy atom. The molecule has 1 aromatic heterocycles. The predicted octanol–water partition coefficient (Wildman–Crippen LogP) is 4.95. The number of carboxylic acid groups (broad SMARTS) is 1. The Kier molecular flexibility index (Phi) is 5.39. The minimum atomic E-state index is -0.977. The average Bonchev–Trinajstić information content (AvgIpc) is 2.88. The zero-order valence-corrected chi connectivity index (χ0v) is 14.2. The number of hydrogen-bond acceptors (Lipinski definition) is 3. The Morgan fingerprint density at radius 3 is 2.60 bits per heavy atom. The first kappa shape index (κ1) is 15.3. The minimum Gasteiger partial charge on any atom is -0.487 e. The van der Waals surface area contributed by atoms with Gasteiger partial charge in [0.05, 0.1) is 8.95 Å². The fourth-order valence-corrected chi connectivity index (χ4v) is 3.62. The van der Waals surface area contributed by atoms with E-state index in [0.717, 1.165) is 26.1 Å². The Labute approximate surface area is 137 Å². The molecule has 0 radical (unpaired) electrons. The molecule has 20 heavy (non-hydrogen) atoms. The number of rotatable bonds is 5. The van der Waals surface area contributed by atoms with Crippen LogP contribution in [0.3, 0.4) is 0 Å². The number of thiophene rings is 1. The van der Waals surface area contributed by atoms with Crippen LogP contribution in [-0.4, -0.2) is 11.1 Å². The second kappa shape index (κ2) is 7.06. The molecule has 0 spiro atoms. The van der Waals surface area contributed by atoms with Crippen LogP contribution in [0.25, 0.3) is 6.08 Å². The maximum Gasteiger partial charge on any atom is 0.328 e. The van der Waals surface area contributed by atoms with Crippen molar-refractivity contribution in [2.45, 2.75) is 6.61 Å². The maximum absolute atomic E-state index is 10.5. The van der Waals surface area contributed by atoms with Crippen molar-refractivity contribution in [1.29, 1.82) is 0 Å². The van der Waals surface area contributed by atoms with Crippen molar-refractivity contribution in [2.24, 2.45) is 0 Å². The number of carboxylic acids is 1. The summed E-state index contributed by atoms with van der Waals surface area (Å²) in [5, 5.41) is 12.7. The Hall–Kier alpha value is -1.11. The molecule has 2 rings (SSSR count). The van der Waals surface area contributed by atoms with Crippen molar-refractivity contribution in [2.75, 3.05) is 0 Å². The third-order valence-electron chi connectivity index (χ3n) is 2.40. The molecule has 0 aliphatic rings. The van der Waals surface area contributed by atoms with Crippen LogP contribution in [-0.2, 0) is 11.4 Å². The Morgan fingerprint density at radius 1 is 1.35 bits per heavy atom. The molecule has 6 heteroatoms. The van der Waals surface area contributed by atoms with E-state index in [0.29, 0.717) is 12.4 Å². The number of carbonyl (C=O) groups is 1. The fourth-order valence-electron chi connectivity index (χ4n) is 1.51. The first-order valence-corrected chi connectivity index (χ1v) is 8.13. The maximum atomic E-state index is 10.5. The standard InChI is InChI=1S/C14H10Br2O3S/c15-11-5-9(1-2-13(17)18)6-12(16)14(11)19-7-10-3-4-20-8-10/h1-6,8H,7H2,(H,17,18)/b2-1+. The smallest absolute Gasteiger partial charge is 0.328 e. The quantitative estimate of drug-likeness (QED) is 0.700. The summed E-state index contributed by atoms with van der Waals surface area (Å²) in [7, 11) is 0. The second-order valence-corrected chi connectivity index (χ2v) is 6.39. The van der Waals surface area contributed by atoms with Crippen LogP contribution in [0.1, 0.15) is 11.1 Å². The molecule has 0 amide bonds. The van der Waals surface area contributed by atoms with Gasteiger partial charge >= 0.3 is 5.97 Å². The van der Waals surface area contributed by atoms with Gasteiger partial charge < -0.3 is 9.84 Å². The normalized spacial score (nSPS) is 10.9. The summed E-state index contributed by atoms with van der Waals surface area (Å²) in [6, 6.07) is 5.64. The molecule has 0 aliphatic heterocycles. The molecular weight excluding hydrogens is 408 g/mol. The summed E-state index contributed by atoms with van der Waals surface area (Å²) in [5.74, 6) is -0.279. The van der Waals surface area contributed by atoms with Crippen LogP contribution in [0.15, 0.2) is 44.0 Å². The molecule has 2 aromatic rings. The van der Waals surface area contributed by atoms with Gasteiger partial charge in [0.1, 0.15) is 12.4 Å². The zero-order chi connectivity index (χ0) is 14.5. The number of halogens is 2. The van der Waals surface area contributed by atoms with Crippen molar-refractivity contribution in [3.05, 3.63) is 55.1 Å². The first-order chi connectivity index (χ1) is 9.56. The minimum absolute atomic E-state index is 0.491. The summed E-state index contributed by atoms with van der Waals surface area (Å²) in [6.07, 6.45) is 2.63. The molecule has 1 heterocycles. The molecule has 1 N–H and O–H groups in total. The fraction of sp³-hybridized carbons (Fsp3) is 0.0714. The van der Waals surface area contributed by atoms with Crippen LogP contribution < -0.4 is 4.74 Å². The highest BCUT2D eigenvalue weighted by Crippen LogP contribution is 2.35. The predicted molar refractivity (Wildman–Crippen MR) is 87.2 cm³/mol. The average molecular weight is 418 g/mol.